The van der Waals surface area contributed by atoms with Crippen LogP contribution in [0.3, 0.4) is 0 Å². The van der Waals surface area contributed by atoms with Crippen molar-refractivity contribution in [1.82, 2.24) is 9.97 Å². The lowest BCUT2D eigenvalue weighted by Gasteiger charge is -2.09. The van der Waals surface area contributed by atoms with Gasteiger partial charge in [0.2, 0.25) is 0 Å². The Bertz CT molecular complexity index is 563. The summed E-state index contributed by atoms with van der Waals surface area (Å²) in [6.45, 7) is 3.32. The number of rotatable bonds is 6. The Morgan fingerprint density at radius 1 is 1.16 bits per heavy atom. The summed E-state index contributed by atoms with van der Waals surface area (Å²) in [6.07, 6.45) is 0. The van der Waals surface area contributed by atoms with Gasteiger partial charge in [-0.2, -0.15) is 9.97 Å². The maximum atomic E-state index is 6.17. The fraction of sp³-hybridized carbons (Fsp3) is 0.385. The molecule has 0 amide bonds. The van der Waals surface area contributed by atoms with Gasteiger partial charge in [0.1, 0.15) is 17.5 Å². The molecule has 102 valence electrons. The van der Waals surface area contributed by atoms with Crippen molar-refractivity contribution in [2.45, 2.75) is 6.92 Å². The van der Waals surface area contributed by atoms with Gasteiger partial charge in [-0.05, 0) is 19.1 Å². The second kappa shape index (κ2) is 6.54. The molecule has 0 saturated heterocycles. The molecule has 0 atom stereocenters. The number of aromatic nitrogens is 2. The Kier molecular flexibility index (Phi) is 4.76. The summed E-state index contributed by atoms with van der Waals surface area (Å²) in [5.74, 6) is 0.674. The highest BCUT2D eigenvalue weighted by molar-refractivity contribution is 6.34. The summed E-state index contributed by atoms with van der Waals surface area (Å²) in [6, 6.07) is 5.78. The molecule has 0 aliphatic carbocycles. The summed E-state index contributed by atoms with van der Waals surface area (Å²) < 4.78 is 15.8. The number of nitrogens with zero attached hydrogens (tertiary/aromatic N) is 2. The average Bonchev–Trinajstić information content (AvgIpc) is 2.39. The lowest BCUT2D eigenvalue weighted by Crippen LogP contribution is -2.07. The minimum atomic E-state index is 0.239. The van der Waals surface area contributed by atoms with E-state index in [1.165, 1.54) is 0 Å². The third kappa shape index (κ3) is 3.24. The Balaban J connectivity index is 2.35. The zero-order valence-corrected chi connectivity index (χ0v) is 11.6. The van der Waals surface area contributed by atoms with Gasteiger partial charge in [-0.25, -0.2) is 0 Å². The molecule has 0 saturated carbocycles. The first-order valence-corrected chi connectivity index (χ1v) is 6.35. The Hall–Kier alpha value is -1.59. The van der Waals surface area contributed by atoms with Gasteiger partial charge in [0.25, 0.3) is 0 Å². The summed E-state index contributed by atoms with van der Waals surface area (Å²) in [4.78, 5) is 8.41. The zero-order valence-electron chi connectivity index (χ0n) is 10.9. The largest absolute Gasteiger partial charge is 0.493 e. The Morgan fingerprint density at radius 3 is 2.74 bits per heavy atom. The molecular weight excluding hydrogens is 268 g/mol. The molecule has 1 aromatic heterocycles. The molecule has 0 aliphatic heterocycles. The maximum absolute atomic E-state index is 6.17. The molecule has 2 rings (SSSR count). The van der Waals surface area contributed by atoms with Crippen molar-refractivity contribution in [3.05, 3.63) is 23.4 Å². The number of methoxy groups -OCH3 is 1. The molecule has 1 heterocycles. The molecule has 0 bridgehead atoms. The fourth-order valence-electron chi connectivity index (χ4n) is 1.64. The van der Waals surface area contributed by atoms with Gasteiger partial charge < -0.3 is 14.2 Å². The van der Waals surface area contributed by atoms with Gasteiger partial charge in [0.15, 0.2) is 0 Å². The van der Waals surface area contributed by atoms with Crippen LogP contribution < -0.4 is 9.47 Å². The predicted molar refractivity (Wildman–Crippen MR) is 73.1 cm³/mol. The molecule has 0 spiro atoms. The quantitative estimate of drug-likeness (QED) is 0.602. The SMILES string of the molecule is CCOc1cccc2nc(OCCOC)nc(Cl)c12. The van der Waals surface area contributed by atoms with E-state index in [0.29, 0.717) is 41.6 Å². The van der Waals surface area contributed by atoms with Gasteiger partial charge in [-0.3, -0.25) is 0 Å². The van der Waals surface area contributed by atoms with Crippen LogP contribution in [-0.4, -0.2) is 36.9 Å². The molecule has 0 N–H and O–H groups in total. The van der Waals surface area contributed by atoms with Crippen LogP contribution in [0.5, 0.6) is 11.8 Å². The van der Waals surface area contributed by atoms with E-state index in [1.54, 1.807) is 7.11 Å². The van der Waals surface area contributed by atoms with E-state index in [-0.39, 0.29) is 6.01 Å². The number of hydrogen-bond acceptors (Lipinski definition) is 5. The van der Waals surface area contributed by atoms with E-state index in [0.717, 1.165) is 0 Å². The summed E-state index contributed by atoms with van der Waals surface area (Å²) >= 11 is 6.17. The van der Waals surface area contributed by atoms with E-state index < -0.39 is 0 Å². The van der Waals surface area contributed by atoms with E-state index in [4.69, 9.17) is 25.8 Å². The second-order valence-electron chi connectivity index (χ2n) is 3.72. The molecule has 5 nitrogen and oxygen atoms in total. The van der Waals surface area contributed by atoms with Crippen molar-refractivity contribution in [3.63, 3.8) is 0 Å². The van der Waals surface area contributed by atoms with Crippen LogP contribution in [0.15, 0.2) is 18.2 Å². The van der Waals surface area contributed by atoms with Crippen LogP contribution >= 0.6 is 11.6 Å². The number of ether oxygens (including phenoxy) is 3. The predicted octanol–water partition coefficient (Wildman–Crippen LogP) is 2.71. The highest BCUT2D eigenvalue weighted by atomic mass is 35.5. The summed E-state index contributed by atoms with van der Waals surface area (Å²) in [7, 11) is 1.60. The highest BCUT2D eigenvalue weighted by Crippen LogP contribution is 2.31. The van der Waals surface area contributed by atoms with Crippen LogP contribution in [0.25, 0.3) is 10.9 Å². The highest BCUT2D eigenvalue weighted by Gasteiger charge is 2.11. The van der Waals surface area contributed by atoms with Crippen LogP contribution in [0.2, 0.25) is 5.15 Å². The first kappa shape index (κ1) is 13.8. The van der Waals surface area contributed by atoms with Gasteiger partial charge in [0.05, 0.1) is 24.1 Å². The molecule has 2 aromatic rings. The molecule has 1 aromatic carbocycles. The maximum Gasteiger partial charge on any atom is 0.318 e. The van der Waals surface area contributed by atoms with Crippen molar-refractivity contribution >= 4 is 22.5 Å². The van der Waals surface area contributed by atoms with Crippen molar-refractivity contribution in [3.8, 4) is 11.8 Å². The minimum Gasteiger partial charge on any atom is -0.493 e. The Morgan fingerprint density at radius 2 is 2.00 bits per heavy atom. The van der Waals surface area contributed by atoms with Gasteiger partial charge in [0, 0.05) is 7.11 Å². The third-order valence-electron chi connectivity index (χ3n) is 2.44. The van der Waals surface area contributed by atoms with Crippen molar-refractivity contribution in [2.24, 2.45) is 0 Å². The molecule has 6 heteroatoms. The smallest absolute Gasteiger partial charge is 0.318 e. The first-order chi connectivity index (χ1) is 9.26. The minimum absolute atomic E-state index is 0.239. The average molecular weight is 283 g/mol. The molecular formula is C13H15ClN2O3. The van der Waals surface area contributed by atoms with Crippen LogP contribution in [0.4, 0.5) is 0 Å². The standard InChI is InChI=1S/C13H15ClN2O3/c1-3-18-10-6-4-5-9-11(10)12(14)16-13(15-9)19-8-7-17-2/h4-6H,3,7-8H2,1-2H3. The number of fused-ring (bicyclic) bond motifs is 1. The van der Waals surface area contributed by atoms with Gasteiger partial charge >= 0.3 is 6.01 Å². The third-order valence-corrected chi connectivity index (χ3v) is 2.71. The van der Waals surface area contributed by atoms with E-state index in [2.05, 4.69) is 9.97 Å². The lowest BCUT2D eigenvalue weighted by atomic mass is 10.2. The summed E-state index contributed by atoms with van der Waals surface area (Å²) in [5, 5.41) is 1.02. The monoisotopic (exact) mass is 282 g/mol. The van der Waals surface area contributed by atoms with Crippen molar-refractivity contribution < 1.29 is 14.2 Å². The molecule has 0 unspecified atom stereocenters. The number of hydrogen-bond donors (Lipinski definition) is 0. The van der Waals surface area contributed by atoms with Crippen LogP contribution in [-0.2, 0) is 4.74 Å². The van der Waals surface area contributed by atoms with Crippen molar-refractivity contribution in [2.75, 3.05) is 26.9 Å². The van der Waals surface area contributed by atoms with Gasteiger partial charge in [-0.1, -0.05) is 17.7 Å². The summed E-state index contributed by atoms with van der Waals surface area (Å²) in [5.41, 5.74) is 0.693. The van der Waals surface area contributed by atoms with Crippen LogP contribution in [0.1, 0.15) is 6.92 Å². The number of halogens is 1. The normalized spacial score (nSPS) is 10.7. The van der Waals surface area contributed by atoms with Crippen LogP contribution in [0, 0.1) is 0 Å². The molecule has 19 heavy (non-hydrogen) atoms. The topological polar surface area (TPSA) is 53.5 Å². The lowest BCUT2D eigenvalue weighted by molar-refractivity contribution is 0.141. The second-order valence-corrected chi connectivity index (χ2v) is 4.08. The van der Waals surface area contributed by atoms with E-state index in [9.17, 15) is 0 Å². The van der Waals surface area contributed by atoms with E-state index in [1.807, 2.05) is 25.1 Å². The first-order valence-electron chi connectivity index (χ1n) is 5.97. The van der Waals surface area contributed by atoms with E-state index >= 15 is 0 Å². The van der Waals surface area contributed by atoms with Gasteiger partial charge in [-0.15, -0.1) is 0 Å². The number of benzene rings is 1. The molecule has 0 fully saturated rings. The van der Waals surface area contributed by atoms with Crippen molar-refractivity contribution in [1.29, 1.82) is 0 Å². The molecule has 0 radical (unpaired) electrons. The molecule has 0 aliphatic rings. The zero-order chi connectivity index (χ0) is 13.7. The fourth-order valence-corrected chi connectivity index (χ4v) is 1.91. The Labute approximate surface area is 116 Å².